The Morgan fingerprint density at radius 1 is 1.88 bits per heavy atom. The number of hydrazine groups is 1. The second kappa shape index (κ2) is 1.83. The van der Waals surface area contributed by atoms with Gasteiger partial charge in [0.1, 0.15) is 0 Å². The summed E-state index contributed by atoms with van der Waals surface area (Å²) in [5.74, 6) is 0. The van der Waals surface area contributed by atoms with E-state index in [1.54, 1.807) is 12.4 Å². The largest absolute Gasteiger partial charge is 0.265 e. The summed E-state index contributed by atoms with van der Waals surface area (Å²) in [6.07, 6.45) is 3.20. The molecule has 0 aromatic carbocycles. The van der Waals surface area contributed by atoms with Crippen LogP contribution in [-0.2, 0) is 0 Å². The number of nitrogens with one attached hydrogen (secondary N) is 1. The lowest BCUT2D eigenvalue weighted by molar-refractivity contribution is -0.124. The summed E-state index contributed by atoms with van der Waals surface area (Å²) in [7, 11) is 0. The summed E-state index contributed by atoms with van der Waals surface area (Å²) in [6.45, 7) is 1.88. The van der Waals surface area contributed by atoms with Gasteiger partial charge in [0, 0.05) is 6.20 Å². The highest BCUT2D eigenvalue weighted by Crippen LogP contribution is 1.91. The molecule has 0 aromatic heterocycles. The number of rotatable bonds is 0. The van der Waals surface area contributed by atoms with E-state index in [4.69, 9.17) is 5.21 Å². The van der Waals surface area contributed by atoms with Crippen LogP contribution < -0.4 is 5.43 Å². The third kappa shape index (κ3) is 0.974. The first kappa shape index (κ1) is 5.11. The minimum Gasteiger partial charge on any atom is -0.265 e. The van der Waals surface area contributed by atoms with Gasteiger partial charge in [0.15, 0.2) is 0 Å². The first-order valence-electron chi connectivity index (χ1n) is 2.25. The minimum atomic E-state index is 0.646. The van der Waals surface area contributed by atoms with Crippen molar-refractivity contribution in [3.05, 3.63) is 11.8 Å². The highest BCUT2D eigenvalue weighted by molar-refractivity contribution is 5.77. The SMILES string of the molecule is CC1=CNN(O)N=C1. The molecule has 0 aliphatic carbocycles. The molecule has 1 heterocycles. The fraction of sp³-hybridized carbons (Fsp3) is 0.250. The lowest BCUT2D eigenvalue weighted by Crippen LogP contribution is -2.28. The second-order valence-corrected chi connectivity index (χ2v) is 1.55. The Bertz CT molecular complexity index is 140. The molecule has 4 nitrogen and oxygen atoms in total. The fourth-order valence-corrected chi connectivity index (χ4v) is 0.376. The Morgan fingerprint density at radius 2 is 2.62 bits per heavy atom. The molecule has 1 aliphatic rings. The molecule has 0 unspecified atom stereocenters. The maximum absolute atomic E-state index is 8.51. The highest BCUT2D eigenvalue weighted by Gasteiger charge is 1.93. The van der Waals surface area contributed by atoms with Crippen LogP contribution in [-0.4, -0.2) is 16.7 Å². The average Bonchev–Trinajstić information content (AvgIpc) is 1.77. The quantitative estimate of drug-likeness (QED) is 0.468. The first-order chi connectivity index (χ1) is 3.79. The second-order valence-electron chi connectivity index (χ2n) is 1.55. The van der Waals surface area contributed by atoms with Crippen LogP contribution in [0.1, 0.15) is 6.92 Å². The Kier molecular flexibility index (Phi) is 1.17. The van der Waals surface area contributed by atoms with Crippen molar-refractivity contribution >= 4 is 6.21 Å². The van der Waals surface area contributed by atoms with Gasteiger partial charge in [-0.05, 0) is 12.5 Å². The number of nitrogens with zero attached hydrogens (tertiary/aromatic N) is 2. The maximum atomic E-state index is 8.51. The molecule has 44 valence electrons. The summed E-state index contributed by atoms with van der Waals surface area (Å²) < 4.78 is 0. The van der Waals surface area contributed by atoms with Crippen LogP contribution in [0.4, 0.5) is 0 Å². The van der Waals surface area contributed by atoms with Crippen molar-refractivity contribution in [3.63, 3.8) is 0 Å². The van der Waals surface area contributed by atoms with E-state index in [0.29, 0.717) is 5.28 Å². The van der Waals surface area contributed by atoms with Gasteiger partial charge in [-0.3, -0.25) is 10.6 Å². The maximum Gasteiger partial charge on any atom is 0.0560 e. The Balaban J connectivity index is 2.58. The van der Waals surface area contributed by atoms with E-state index in [-0.39, 0.29) is 0 Å². The fourth-order valence-electron chi connectivity index (χ4n) is 0.376. The van der Waals surface area contributed by atoms with E-state index in [1.807, 2.05) is 6.92 Å². The van der Waals surface area contributed by atoms with Gasteiger partial charge in [0.25, 0.3) is 0 Å². The topological polar surface area (TPSA) is 47.9 Å². The predicted octanol–water partition coefficient (Wildman–Crippen LogP) is 0.0854. The molecule has 4 heteroatoms. The minimum absolute atomic E-state index is 0.646. The zero-order chi connectivity index (χ0) is 5.98. The Labute approximate surface area is 47.0 Å². The van der Waals surface area contributed by atoms with Gasteiger partial charge in [0.2, 0.25) is 0 Å². The number of hydrogen-bond acceptors (Lipinski definition) is 4. The van der Waals surface area contributed by atoms with Crippen molar-refractivity contribution < 1.29 is 5.21 Å². The molecular weight excluding hydrogens is 106 g/mol. The molecule has 0 spiro atoms. The molecule has 0 fully saturated rings. The van der Waals surface area contributed by atoms with E-state index >= 15 is 0 Å². The zero-order valence-electron chi connectivity index (χ0n) is 4.50. The van der Waals surface area contributed by atoms with Crippen molar-refractivity contribution in [2.75, 3.05) is 0 Å². The van der Waals surface area contributed by atoms with Crippen LogP contribution in [0.25, 0.3) is 0 Å². The average molecular weight is 113 g/mol. The molecule has 0 bridgehead atoms. The van der Waals surface area contributed by atoms with Crippen molar-refractivity contribution in [1.29, 1.82) is 0 Å². The van der Waals surface area contributed by atoms with E-state index in [2.05, 4.69) is 10.5 Å². The molecule has 1 rings (SSSR count). The zero-order valence-corrected chi connectivity index (χ0v) is 4.50. The van der Waals surface area contributed by atoms with E-state index < -0.39 is 0 Å². The lowest BCUT2D eigenvalue weighted by Gasteiger charge is -2.12. The van der Waals surface area contributed by atoms with Gasteiger partial charge in [-0.1, -0.05) is 5.28 Å². The van der Waals surface area contributed by atoms with Crippen LogP contribution in [0.3, 0.4) is 0 Å². The molecule has 2 N–H and O–H groups in total. The Hall–Kier alpha value is -1.03. The third-order valence-corrected chi connectivity index (χ3v) is 0.778. The molecule has 0 atom stereocenters. The molecule has 0 saturated carbocycles. The number of allylic oxidation sites excluding steroid dienone is 1. The van der Waals surface area contributed by atoms with Gasteiger partial charge in [-0.25, -0.2) is 0 Å². The summed E-state index contributed by atoms with van der Waals surface area (Å²) in [5, 5.41) is 12.6. The van der Waals surface area contributed by atoms with Gasteiger partial charge >= 0.3 is 0 Å². The highest BCUT2D eigenvalue weighted by atomic mass is 16.6. The third-order valence-electron chi connectivity index (χ3n) is 0.778. The van der Waals surface area contributed by atoms with Crippen LogP contribution in [0.2, 0.25) is 0 Å². The summed E-state index contributed by atoms with van der Waals surface area (Å²) >= 11 is 0. The van der Waals surface area contributed by atoms with Crippen LogP contribution in [0.5, 0.6) is 0 Å². The van der Waals surface area contributed by atoms with Crippen molar-refractivity contribution in [1.82, 2.24) is 10.7 Å². The normalized spacial score (nSPS) is 17.8. The molecular formula is C4H7N3O. The van der Waals surface area contributed by atoms with Crippen molar-refractivity contribution in [2.24, 2.45) is 5.10 Å². The monoisotopic (exact) mass is 113 g/mol. The van der Waals surface area contributed by atoms with Gasteiger partial charge in [-0.2, -0.15) is 0 Å². The van der Waals surface area contributed by atoms with Crippen LogP contribution in [0.15, 0.2) is 16.9 Å². The van der Waals surface area contributed by atoms with E-state index in [0.717, 1.165) is 5.57 Å². The van der Waals surface area contributed by atoms with Crippen LogP contribution in [0, 0.1) is 0 Å². The summed E-state index contributed by atoms with van der Waals surface area (Å²) in [6, 6.07) is 0. The Morgan fingerprint density at radius 3 is 3.00 bits per heavy atom. The molecule has 0 amide bonds. The standard InChI is InChI=1S/C4H7N3O/c1-4-2-5-7(8)6-3-4/h2-3,5,8H,1H3. The van der Waals surface area contributed by atoms with E-state index in [1.165, 1.54) is 0 Å². The lowest BCUT2D eigenvalue weighted by atomic mass is 10.4. The number of hydrogen-bond donors (Lipinski definition) is 2. The summed E-state index contributed by atoms with van der Waals surface area (Å²) in [5.41, 5.74) is 3.44. The molecule has 0 saturated heterocycles. The first-order valence-corrected chi connectivity index (χ1v) is 2.25. The molecule has 0 radical (unpaired) electrons. The molecule has 0 aromatic rings. The predicted molar refractivity (Wildman–Crippen MR) is 29.0 cm³/mol. The number of hydrazone groups is 1. The smallest absolute Gasteiger partial charge is 0.0560 e. The van der Waals surface area contributed by atoms with Gasteiger partial charge in [0.05, 0.1) is 6.21 Å². The molecule has 1 aliphatic heterocycles. The van der Waals surface area contributed by atoms with Gasteiger partial charge in [-0.15, -0.1) is 5.10 Å². The van der Waals surface area contributed by atoms with Crippen molar-refractivity contribution in [3.8, 4) is 0 Å². The van der Waals surface area contributed by atoms with Crippen molar-refractivity contribution in [2.45, 2.75) is 6.92 Å². The summed E-state index contributed by atoms with van der Waals surface area (Å²) in [4.78, 5) is 0. The van der Waals surface area contributed by atoms with Crippen LogP contribution >= 0.6 is 0 Å². The van der Waals surface area contributed by atoms with E-state index in [9.17, 15) is 0 Å². The van der Waals surface area contributed by atoms with Gasteiger partial charge < -0.3 is 0 Å². The molecule has 8 heavy (non-hydrogen) atoms.